The van der Waals surface area contributed by atoms with Crippen LogP contribution in [0.25, 0.3) is 44.2 Å². The van der Waals surface area contributed by atoms with Crippen molar-refractivity contribution >= 4 is 27.8 Å². The highest BCUT2D eigenvalue weighted by atomic mass is 15.1. The van der Waals surface area contributed by atoms with Crippen molar-refractivity contribution in [1.29, 1.82) is 0 Å². The fraction of sp³-hybridized carbons (Fsp3) is 0.0213. The van der Waals surface area contributed by atoms with Gasteiger partial charge in [0.2, 0.25) is 0 Å². The number of fused-ring (bicyclic) bond motifs is 6. The van der Waals surface area contributed by atoms with Crippen molar-refractivity contribution in [2.75, 3.05) is 4.90 Å². The molecule has 0 fully saturated rings. The van der Waals surface area contributed by atoms with Gasteiger partial charge in [0.1, 0.15) is 0 Å². The Kier molecular flexibility index (Phi) is 5.86. The first kappa shape index (κ1) is 27.0. The van der Waals surface area contributed by atoms with Crippen LogP contribution in [0.15, 0.2) is 188 Å². The van der Waals surface area contributed by atoms with Crippen molar-refractivity contribution in [3.63, 3.8) is 0 Å². The van der Waals surface area contributed by atoms with Crippen LogP contribution < -0.4 is 4.90 Å². The highest BCUT2D eigenvalue weighted by molar-refractivity contribution is 6.11. The molecule has 0 saturated carbocycles. The van der Waals surface area contributed by atoms with E-state index in [4.69, 9.17) is 0 Å². The minimum Gasteiger partial charge on any atom is -0.310 e. The van der Waals surface area contributed by atoms with E-state index in [1.807, 2.05) is 0 Å². The van der Waals surface area contributed by atoms with Gasteiger partial charge in [-0.05, 0) is 103 Å². The highest BCUT2D eigenvalue weighted by Crippen LogP contribution is 2.63. The Hall–Kier alpha value is -6.18. The van der Waals surface area contributed by atoms with Crippen LogP contribution in [0.4, 0.5) is 17.1 Å². The third-order valence-electron chi connectivity index (χ3n) is 10.5. The summed E-state index contributed by atoms with van der Waals surface area (Å²) in [6.45, 7) is 0. The molecule has 0 heterocycles. The van der Waals surface area contributed by atoms with Gasteiger partial charge in [0, 0.05) is 17.1 Å². The van der Waals surface area contributed by atoms with Gasteiger partial charge in [0.25, 0.3) is 0 Å². The van der Waals surface area contributed by atoms with Gasteiger partial charge in [-0.1, -0.05) is 152 Å². The quantitative estimate of drug-likeness (QED) is 0.188. The van der Waals surface area contributed by atoms with E-state index in [-0.39, 0.29) is 0 Å². The first-order valence-electron chi connectivity index (χ1n) is 16.7. The van der Waals surface area contributed by atoms with Crippen LogP contribution in [0.3, 0.4) is 0 Å². The molecule has 2 aliphatic carbocycles. The number of nitrogens with zero attached hydrogens (tertiary/aromatic N) is 1. The third kappa shape index (κ3) is 3.73. The lowest BCUT2D eigenvalue weighted by Gasteiger charge is -2.40. The van der Waals surface area contributed by atoms with Gasteiger partial charge < -0.3 is 4.90 Å². The maximum absolute atomic E-state index is 2.43. The van der Waals surface area contributed by atoms with E-state index in [0.717, 1.165) is 17.1 Å². The Bertz CT molecular complexity index is 2480. The molecular weight excluding hydrogens is 579 g/mol. The van der Waals surface area contributed by atoms with Gasteiger partial charge in [-0.25, -0.2) is 0 Å². The van der Waals surface area contributed by atoms with Crippen LogP contribution in [0.1, 0.15) is 22.3 Å². The van der Waals surface area contributed by atoms with Crippen molar-refractivity contribution in [3.8, 4) is 33.4 Å². The van der Waals surface area contributed by atoms with Gasteiger partial charge >= 0.3 is 0 Å². The molecule has 1 atom stereocenters. The largest absolute Gasteiger partial charge is 0.310 e. The van der Waals surface area contributed by atoms with Gasteiger partial charge in [0.15, 0.2) is 0 Å². The Balaban J connectivity index is 1.25. The molecule has 10 rings (SSSR count). The van der Waals surface area contributed by atoms with E-state index >= 15 is 0 Å². The molecule has 0 amide bonds. The third-order valence-corrected chi connectivity index (χ3v) is 10.5. The van der Waals surface area contributed by atoms with Crippen LogP contribution in [0.2, 0.25) is 0 Å². The van der Waals surface area contributed by atoms with Crippen molar-refractivity contribution in [2.24, 2.45) is 0 Å². The number of para-hydroxylation sites is 1. The lowest BCUT2D eigenvalue weighted by atomic mass is 9.62. The molecule has 1 nitrogen and oxygen atoms in total. The molecule has 8 aromatic carbocycles. The van der Waals surface area contributed by atoms with E-state index in [0.29, 0.717) is 0 Å². The van der Waals surface area contributed by atoms with Gasteiger partial charge in [-0.15, -0.1) is 0 Å². The van der Waals surface area contributed by atoms with E-state index in [2.05, 4.69) is 193 Å². The van der Waals surface area contributed by atoms with E-state index in [1.54, 1.807) is 0 Å². The minimum absolute atomic E-state index is 0.413. The second-order valence-corrected chi connectivity index (χ2v) is 12.9. The lowest BCUT2D eigenvalue weighted by Crippen LogP contribution is -2.31. The van der Waals surface area contributed by atoms with Crippen molar-refractivity contribution in [1.82, 2.24) is 0 Å². The Labute approximate surface area is 281 Å². The molecule has 0 N–H and O–H groups in total. The van der Waals surface area contributed by atoms with E-state index < -0.39 is 5.41 Å². The number of benzene rings is 8. The Morgan fingerprint density at radius 2 is 0.958 bits per heavy atom. The first-order valence-corrected chi connectivity index (χ1v) is 16.7. The molecule has 0 bridgehead atoms. The number of anilines is 3. The molecule has 8 aromatic rings. The first-order chi connectivity index (χ1) is 23.8. The zero-order chi connectivity index (χ0) is 31.7. The Morgan fingerprint density at radius 3 is 1.75 bits per heavy atom. The minimum atomic E-state index is -0.413. The molecule has 0 radical (unpaired) electrons. The monoisotopic (exact) mass is 609 g/mol. The summed E-state index contributed by atoms with van der Waals surface area (Å²) in [6, 6.07) is 69.1. The van der Waals surface area contributed by atoms with Gasteiger partial charge in [0.05, 0.1) is 5.41 Å². The standard InChI is InChI=1S/C47H31N/c1-4-13-32(14-5-1)33-23-26-37(27-24-33)48(36-18-8-3-9-19-36)38-28-30-44-42(31-38)40-21-12-15-34-25-29-41-39-20-10-11-22-43(39)47(44,46(41)45(34)40)35-16-6-2-7-17-35/h1-31H. The van der Waals surface area contributed by atoms with E-state index in [9.17, 15) is 0 Å². The smallest absolute Gasteiger partial charge is 0.0725 e. The Morgan fingerprint density at radius 1 is 0.354 bits per heavy atom. The fourth-order valence-corrected chi connectivity index (χ4v) is 8.50. The number of hydrogen-bond acceptors (Lipinski definition) is 1. The molecule has 0 saturated heterocycles. The second-order valence-electron chi connectivity index (χ2n) is 12.9. The van der Waals surface area contributed by atoms with Crippen LogP contribution in [-0.4, -0.2) is 0 Å². The molecule has 1 heteroatoms. The molecule has 2 aliphatic rings. The topological polar surface area (TPSA) is 3.24 Å². The number of hydrogen-bond donors (Lipinski definition) is 0. The van der Waals surface area contributed by atoms with Crippen LogP contribution >= 0.6 is 0 Å². The molecular formula is C47H31N. The average Bonchev–Trinajstić information content (AvgIpc) is 3.48. The van der Waals surface area contributed by atoms with Crippen molar-refractivity contribution in [3.05, 3.63) is 210 Å². The summed E-state index contributed by atoms with van der Waals surface area (Å²) in [6.07, 6.45) is 0. The molecule has 1 unspecified atom stereocenters. The van der Waals surface area contributed by atoms with Crippen LogP contribution in [0, 0.1) is 0 Å². The molecule has 0 spiro atoms. The molecule has 224 valence electrons. The summed E-state index contributed by atoms with van der Waals surface area (Å²) in [5, 5.41) is 2.64. The molecule has 48 heavy (non-hydrogen) atoms. The predicted molar refractivity (Wildman–Crippen MR) is 200 cm³/mol. The molecule has 0 aliphatic heterocycles. The summed E-state index contributed by atoms with van der Waals surface area (Å²) in [4.78, 5) is 2.39. The maximum atomic E-state index is 2.43. The highest BCUT2D eigenvalue weighted by Gasteiger charge is 2.50. The normalized spacial score (nSPS) is 15.2. The second kappa shape index (κ2) is 10.4. The van der Waals surface area contributed by atoms with Crippen LogP contribution in [0.5, 0.6) is 0 Å². The average molecular weight is 610 g/mol. The summed E-state index contributed by atoms with van der Waals surface area (Å²) in [5.41, 5.74) is 16.1. The SMILES string of the molecule is c1ccc(-c2ccc(N(c3ccccc3)c3ccc4c(c3)-c3cccc5ccc6c(c35)C4(c3ccccc3)c3ccccc3-6)cc2)cc1. The zero-order valence-corrected chi connectivity index (χ0v) is 26.3. The van der Waals surface area contributed by atoms with E-state index in [1.165, 1.54) is 66.4 Å². The number of rotatable bonds is 5. The maximum Gasteiger partial charge on any atom is 0.0725 e. The summed E-state index contributed by atoms with van der Waals surface area (Å²) >= 11 is 0. The molecule has 0 aromatic heterocycles. The zero-order valence-electron chi connectivity index (χ0n) is 26.3. The summed E-state index contributed by atoms with van der Waals surface area (Å²) in [7, 11) is 0. The summed E-state index contributed by atoms with van der Waals surface area (Å²) in [5.74, 6) is 0. The van der Waals surface area contributed by atoms with Crippen LogP contribution in [-0.2, 0) is 5.41 Å². The van der Waals surface area contributed by atoms with Crippen molar-refractivity contribution < 1.29 is 0 Å². The van der Waals surface area contributed by atoms with Crippen molar-refractivity contribution in [2.45, 2.75) is 5.41 Å². The lowest BCUT2D eigenvalue weighted by molar-refractivity contribution is 0.773. The summed E-state index contributed by atoms with van der Waals surface area (Å²) < 4.78 is 0. The predicted octanol–water partition coefficient (Wildman–Crippen LogP) is 12.3. The van der Waals surface area contributed by atoms with Gasteiger partial charge in [-0.3, -0.25) is 0 Å². The fourth-order valence-electron chi connectivity index (χ4n) is 8.50. The van der Waals surface area contributed by atoms with Gasteiger partial charge in [-0.2, -0.15) is 0 Å².